The molecule has 2 N–H and O–H groups in total. The molecule has 0 unspecified atom stereocenters. The van der Waals surface area contributed by atoms with E-state index in [4.69, 9.17) is 11.5 Å². The van der Waals surface area contributed by atoms with Crippen LogP contribution in [0.3, 0.4) is 0 Å². The van der Waals surface area contributed by atoms with Crippen molar-refractivity contribution in [2.45, 2.75) is 26.3 Å². The Morgan fingerprint density at radius 1 is 1.53 bits per heavy atom. The van der Waals surface area contributed by atoms with Gasteiger partial charge in [0.05, 0.1) is 6.54 Å². The van der Waals surface area contributed by atoms with Crippen LogP contribution in [0.15, 0.2) is 0 Å². The maximum Gasteiger partial charge on any atom is 0.326 e. The van der Waals surface area contributed by atoms with Gasteiger partial charge in [-0.15, -0.1) is 6.42 Å². The molecule has 0 spiro atoms. The minimum atomic E-state index is -1.04. The molecule has 0 aliphatic heterocycles. The number of carbonyl (C=O) groups excluding carboxylic acids is 1. The van der Waals surface area contributed by atoms with Gasteiger partial charge < -0.3 is 15.3 Å². The van der Waals surface area contributed by atoms with Crippen molar-refractivity contribution in [2.75, 3.05) is 13.1 Å². The number of nitrogens with zero attached hydrogens (tertiary/aromatic N) is 1. The second kappa shape index (κ2) is 6.71. The summed E-state index contributed by atoms with van der Waals surface area (Å²) in [5, 5.41) is 11.1. The molecule has 84 valence electrons. The van der Waals surface area contributed by atoms with Crippen LogP contribution in [0.25, 0.3) is 0 Å². The zero-order valence-corrected chi connectivity index (χ0v) is 8.99. The fraction of sp³-hybridized carbons (Fsp3) is 0.600. The number of urea groups is 1. The van der Waals surface area contributed by atoms with E-state index < -0.39 is 18.0 Å². The largest absolute Gasteiger partial charge is 0.480 e. The Morgan fingerprint density at radius 3 is 2.47 bits per heavy atom. The summed E-state index contributed by atoms with van der Waals surface area (Å²) in [5.41, 5.74) is 0. The molecule has 0 saturated carbocycles. The Bertz CT molecular complexity index is 270. The Morgan fingerprint density at radius 2 is 2.13 bits per heavy atom. The molecule has 15 heavy (non-hydrogen) atoms. The number of hydrogen-bond acceptors (Lipinski definition) is 2. The predicted molar refractivity (Wildman–Crippen MR) is 56.3 cm³/mol. The number of terminal acetylenes is 1. The van der Waals surface area contributed by atoms with Gasteiger partial charge in [-0.25, -0.2) is 9.59 Å². The molecule has 0 aromatic heterocycles. The first kappa shape index (κ1) is 13.3. The third-order valence-corrected chi connectivity index (χ3v) is 1.96. The average molecular weight is 212 g/mol. The Labute approximate surface area is 89.4 Å². The van der Waals surface area contributed by atoms with E-state index in [9.17, 15) is 9.59 Å². The highest BCUT2D eigenvalue weighted by Crippen LogP contribution is 1.95. The van der Waals surface area contributed by atoms with Gasteiger partial charge in [0.15, 0.2) is 0 Å². The molecule has 1 atom stereocenters. The maximum absolute atomic E-state index is 11.5. The van der Waals surface area contributed by atoms with Crippen molar-refractivity contribution in [3.8, 4) is 12.3 Å². The number of carbonyl (C=O) groups is 2. The molecular formula is C10H16N2O3. The lowest BCUT2D eigenvalue weighted by Crippen LogP contribution is -2.47. The second-order valence-electron chi connectivity index (χ2n) is 2.97. The third kappa shape index (κ3) is 4.36. The minimum Gasteiger partial charge on any atom is -0.480 e. The molecule has 0 fully saturated rings. The van der Waals surface area contributed by atoms with E-state index in [0.29, 0.717) is 13.0 Å². The van der Waals surface area contributed by atoms with Crippen LogP contribution in [0.4, 0.5) is 4.79 Å². The summed E-state index contributed by atoms with van der Waals surface area (Å²) in [6, 6.07) is -1.30. The summed E-state index contributed by atoms with van der Waals surface area (Å²) in [4.78, 5) is 23.5. The number of nitrogens with one attached hydrogen (secondary N) is 1. The SMILES string of the molecule is C#CCN(CC)C(=O)N[C@H](CC)C(=O)O. The Balaban J connectivity index is 4.32. The monoisotopic (exact) mass is 212 g/mol. The molecule has 2 amide bonds. The first-order valence-electron chi connectivity index (χ1n) is 4.78. The number of hydrogen-bond donors (Lipinski definition) is 2. The lowest BCUT2D eigenvalue weighted by atomic mass is 10.2. The first-order valence-corrected chi connectivity index (χ1v) is 4.78. The molecule has 0 radical (unpaired) electrons. The van der Waals surface area contributed by atoms with Gasteiger partial charge in [-0.3, -0.25) is 0 Å². The summed E-state index contributed by atoms with van der Waals surface area (Å²) >= 11 is 0. The summed E-state index contributed by atoms with van der Waals surface area (Å²) in [7, 11) is 0. The van der Waals surface area contributed by atoms with E-state index in [0.717, 1.165) is 0 Å². The van der Waals surface area contributed by atoms with Gasteiger partial charge in [0.1, 0.15) is 6.04 Å². The van der Waals surface area contributed by atoms with Crippen molar-refractivity contribution in [1.82, 2.24) is 10.2 Å². The second-order valence-corrected chi connectivity index (χ2v) is 2.97. The molecule has 0 aliphatic carbocycles. The standard InChI is InChI=1S/C10H16N2O3/c1-4-7-12(6-3)10(15)11-8(5-2)9(13)14/h1,8H,5-7H2,2-3H3,(H,11,15)(H,13,14)/t8-/m1/s1. The van der Waals surface area contributed by atoms with Gasteiger partial charge in [0.2, 0.25) is 0 Å². The fourth-order valence-electron chi connectivity index (χ4n) is 1.02. The van der Waals surface area contributed by atoms with Crippen LogP contribution in [0.5, 0.6) is 0 Å². The maximum atomic E-state index is 11.5. The molecule has 0 aliphatic rings. The average Bonchev–Trinajstić information content (AvgIpc) is 2.21. The van der Waals surface area contributed by atoms with Gasteiger partial charge >= 0.3 is 12.0 Å². The highest BCUT2D eigenvalue weighted by Gasteiger charge is 2.20. The highest BCUT2D eigenvalue weighted by atomic mass is 16.4. The van der Waals surface area contributed by atoms with Crippen molar-refractivity contribution < 1.29 is 14.7 Å². The highest BCUT2D eigenvalue weighted by molar-refractivity contribution is 5.82. The predicted octanol–water partition coefficient (Wildman–Crippen LogP) is 0.514. The fourth-order valence-corrected chi connectivity index (χ4v) is 1.02. The zero-order chi connectivity index (χ0) is 11.8. The number of carboxylic acid groups (broad SMARTS) is 1. The lowest BCUT2D eigenvalue weighted by Gasteiger charge is -2.21. The van der Waals surface area contributed by atoms with Gasteiger partial charge in [0, 0.05) is 6.54 Å². The number of amides is 2. The van der Waals surface area contributed by atoms with E-state index in [2.05, 4.69) is 11.2 Å². The van der Waals surface area contributed by atoms with Crippen LogP contribution in [0.1, 0.15) is 20.3 Å². The minimum absolute atomic E-state index is 0.179. The van der Waals surface area contributed by atoms with Gasteiger partial charge in [-0.2, -0.15) is 0 Å². The van der Waals surface area contributed by atoms with Crippen molar-refractivity contribution >= 4 is 12.0 Å². The van der Waals surface area contributed by atoms with Crippen molar-refractivity contribution in [1.29, 1.82) is 0 Å². The molecule has 0 rings (SSSR count). The van der Waals surface area contributed by atoms with Crippen molar-refractivity contribution in [2.24, 2.45) is 0 Å². The van der Waals surface area contributed by atoms with Gasteiger partial charge in [0.25, 0.3) is 0 Å². The molecule has 5 heteroatoms. The van der Waals surface area contributed by atoms with Crippen LogP contribution in [-0.4, -0.2) is 41.1 Å². The van der Waals surface area contributed by atoms with Gasteiger partial charge in [-0.1, -0.05) is 12.8 Å². The summed E-state index contributed by atoms with van der Waals surface area (Å²) in [6.07, 6.45) is 5.42. The number of rotatable bonds is 5. The van der Waals surface area contributed by atoms with E-state index >= 15 is 0 Å². The van der Waals surface area contributed by atoms with Crippen LogP contribution in [0, 0.1) is 12.3 Å². The molecule has 0 heterocycles. The lowest BCUT2D eigenvalue weighted by molar-refractivity contribution is -0.139. The van der Waals surface area contributed by atoms with Crippen molar-refractivity contribution in [3.63, 3.8) is 0 Å². The topological polar surface area (TPSA) is 69.6 Å². The van der Waals surface area contributed by atoms with Crippen LogP contribution < -0.4 is 5.32 Å². The van der Waals surface area contributed by atoms with Gasteiger partial charge in [-0.05, 0) is 13.3 Å². The molecule has 0 saturated heterocycles. The first-order chi connectivity index (χ1) is 7.06. The normalized spacial score (nSPS) is 11.3. The molecule has 5 nitrogen and oxygen atoms in total. The van der Waals surface area contributed by atoms with E-state index in [1.54, 1.807) is 13.8 Å². The quantitative estimate of drug-likeness (QED) is 0.652. The molecule has 0 bridgehead atoms. The van der Waals surface area contributed by atoms with E-state index in [1.807, 2.05) is 0 Å². The summed E-state index contributed by atoms with van der Waals surface area (Å²) < 4.78 is 0. The number of aliphatic carboxylic acids is 1. The summed E-state index contributed by atoms with van der Waals surface area (Å²) in [6.45, 7) is 4.10. The van der Waals surface area contributed by atoms with E-state index in [-0.39, 0.29) is 6.54 Å². The van der Waals surface area contributed by atoms with E-state index in [1.165, 1.54) is 4.90 Å². The zero-order valence-electron chi connectivity index (χ0n) is 8.99. The number of carboxylic acids is 1. The molecule has 0 aromatic carbocycles. The third-order valence-electron chi connectivity index (χ3n) is 1.96. The van der Waals surface area contributed by atoms with Crippen LogP contribution in [-0.2, 0) is 4.79 Å². The molecule has 0 aromatic rings. The summed E-state index contributed by atoms with van der Waals surface area (Å²) in [5.74, 6) is 1.30. The Hall–Kier alpha value is -1.70. The molecular weight excluding hydrogens is 196 g/mol. The van der Waals surface area contributed by atoms with Crippen LogP contribution >= 0.6 is 0 Å². The Kier molecular flexibility index (Phi) is 5.95. The van der Waals surface area contributed by atoms with Crippen molar-refractivity contribution in [3.05, 3.63) is 0 Å². The van der Waals surface area contributed by atoms with Crippen LogP contribution in [0.2, 0.25) is 0 Å². The smallest absolute Gasteiger partial charge is 0.326 e.